The first kappa shape index (κ1) is 11.9. The molecule has 0 N–H and O–H groups in total. The fraction of sp³-hybridized carbons (Fsp3) is 0.800. The maximum atomic E-state index is 2.41. The van der Waals surface area contributed by atoms with E-state index in [0.29, 0.717) is 0 Å². The molecular weight excluding hydrogens is 166 g/mol. The third-order valence-corrected chi connectivity index (χ3v) is 2.76. The lowest BCUT2D eigenvalue weighted by Gasteiger charge is -2.23. The first-order valence-electron chi connectivity index (χ1n) is 4.87. The molecule has 0 atom stereocenters. The molecule has 0 saturated carbocycles. The molecule has 0 aromatic heterocycles. The van der Waals surface area contributed by atoms with Crippen LogP contribution in [0.4, 0.5) is 0 Å². The lowest BCUT2D eigenvalue weighted by Crippen LogP contribution is -2.20. The van der Waals surface area contributed by atoms with Crippen LogP contribution in [0.25, 0.3) is 0 Å². The monoisotopic (exact) mass is 187 g/mol. The van der Waals surface area contributed by atoms with E-state index in [1.54, 1.807) is 0 Å². The van der Waals surface area contributed by atoms with Gasteiger partial charge in [-0.1, -0.05) is 19.9 Å². The highest BCUT2D eigenvalue weighted by Gasteiger charge is 2.03. The van der Waals surface area contributed by atoms with Gasteiger partial charge in [0.1, 0.15) is 0 Å². The van der Waals surface area contributed by atoms with Gasteiger partial charge in [0.15, 0.2) is 0 Å². The number of allylic oxidation sites excluding steroid dienone is 1. The zero-order chi connectivity index (χ0) is 9.40. The Balaban J connectivity index is 4.15. The van der Waals surface area contributed by atoms with Gasteiger partial charge in [0, 0.05) is 13.1 Å². The summed E-state index contributed by atoms with van der Waals surface area (Å²) in [7, 11) is 0. The van der Waals surface area contributed by atoms with Gasteiger partial charge in [-0.15, -0.1) is 11.8 Å². The van der Waals surface area contributed by atoms with Crippen LogP contribution in [0, 0.1) is 0 Å². The van der Waals surface area contributed by atoms with Gasteiger partial charge in [0.05, 0.1) is 5.03 Å². The molecule has 0 aliphatic carbocycles. The van der Waals surface area contributed by atoms with Crippen molar-refractivity contribution in [3.05, 3.63) is 11.1 Å². The summed E-state index contributed by atoms with van der Waals surface area (Å²) in [5.74, 6) is 1.17. The summed E-state index contributed by atoms with van der Waals surface area (Å²) in [5, 5.41) is 1.45. The van der Waals surface area contributed by atoms with Gasteiger partial charge in [-0.2, -0.15) is 0 Å². The van der Waals surface area contributed by atoms with Crippen LogP contribution in [-0.2, 0) is 0 Å². The van der Waals surface area contributed by atoms with Gasteiger partial charge >= 0.3 is 0 Å². The molecule has 0 heterocycles. The van der Waals surface area contributed by atoms with Crippen molar-refractivity contribution in [1.29, 1.82) is 0 Å². The molecule has 0 spiro atoms. The van der Waals surface area contributed by atoms with Crippen molar-refractivity contribution >= 4 is 11.8 Å². The lowest BCUT2D eigenvalue weighted by molar-refractivity contribution is 0.407. The topological polar surface area (TPSA) is 3.24 Å². The summed E-state index contributed by atoms with van der Waals surface area (Å²) in [6, 6.07) is 0. The van der Waals surface area contributed by atoms with E-state index >= 15 is 0 Å². The molecule has 2 heteroatoms. The Labute approximate surface area is 81.2 Å². The lowest BCUT2D eigenvalue weighted by atomic mass is 10.4. The van der Waals surface area contributed by atoms with E-state index in [2.05, 4.69) is 38.7 Å². The molecule has 0 amide bonds. The Kier molecular flexibility index (Phi) is 7.47. The second-order valence-electron chi connectivity index (χ2n) is 2.56. The molecule has 0 saturated heterocycles. The van der Waals surface area contributed by atoms with Gasteiger partial charge in [0.25, 0.3) is 0 Å². The predicted molar refractivity (Wildman–Crippen MR) is 59.4 cm³/mol. The molecule has 12 heavy (non-hydrogen) atoms. The van der Waals surface area contributed by atoms with E-state index in [1.807, 2.05) is 11.8 Å². The van der Waals surface area contributed by atoms with Crippen molar-refractivity contribution < 1.29 is 0 Å². The molecule has 0 aromatic carbocycles. The zero-order valence-electron chi connectivity index (χ0n) is 8.76. The minimum Gasteiger partial charge on any atom is -0.367 e. The van der Waals surface area contributed by atoms with Crippen molar-refractivity contribution in [2.75, 3.05) is 18.8 Å². The smallest absolute Gasteiger partial charge is 0.0666 e. The van der Waals surface area contributed by atoms with Gasteiger partial charge in [-0.05, 0) is 26.0 Å². The summed E-state index contributed by atoms with van der Waals surface area (Å²) >= 11 is 1.95. The highest BCUT2D eigenvalue weighted by atomic mass is 32.2. The summed E-state index contributed by atoms with van der Waals surface area (Å²) < 4.78 is 0. The predicted octanol–water partition coefficient (Wildman–Crippen LogP) is 3.33. The molecule has 0 rings (SSSR count). The number of rotatable bonds is 6. The van der Waals surface area contributed by atoms with Gasteiger partial charge in [-0.3, -0.25) is 0 Å². The maximum Gasteiger partial charge on any atom is 0.0666 e. The Morgan fingerprint density at radius 2 is 1.75 bits per heavy atom. The molecule has 0 unspecified atom stereocenters. The van der Waals surface area contributed by atoms with Crippen molar-refractivity contribution in [2.45, 2.75) is 34.1 Å². The maximum absolute atomic E-state index is 2.41. The number of thioether (sulfide) groups is 1. The first-order chi connectivity index (χ1) is 5.79. The minimum absolute atomic E-state index is 1.12. The summed E-state index contributed by atoms with van der Waals surface area (Å²) in [4.78, 5) is 2.41. The van der Waals surface area contributed by atoms with E-state index in [4.69, 9.17) is 0 Å². The Morgan fingerprint density at radius 1 is 1.17 bits per heavy atom. The SMILES string of the molecule is CC/C=C(/SCC)N(CC)CC. The number of nitrogens with zero attached hydrogens (tertiary/aromatic N) is 1. The summed E-state index contributed by atoms with van der Waals surface area (Å²) in [6.07, 6.45) is 3.46. The van der Waals surface area contributed by atoms with Crippen LogP contribution in [0.3, 0.4) is 0 Å². The van der Waals surface area contributed by atoms with Crippen LogP contribution in [0.15, 0.2) is 11.1 Å². The third kappa shape index (κ3) is 4.05. The molecule has 0 radical (unpaired) electrons. The standard InChI is InChI=1S/C10H21NS/c1-5-9-10(12-8-4)11(6-2)7-3/h9H,5-8H2,1-4H3/b10-9+. The van der Waals surface area contributed by atoms with Crippen LogP contribution in [0.2, 0.25) is 0 Å². The summed E-state index contributed by atoms with van der Waals surface area (Å²) in [6.45, 7) is 11.1. The van der Waals surface area contributed by atoms with Crippen molar-refractivity contribution in [3.63, 3.8) is 0 Å². The third-order valence-electron chi connectivity index (χ3n) is 1.75. The Morgan fingerprint density at radius 3 is 2.08 bits per heavy atom. The molecular formula is C10H21NS. The van der Waals surface area contributed by atoms with Gasteiger partial charge < -0.3 is 4.90 Å². The number of hydrogen-bond donors (Lipinski definition) is 0. The Hall–Kier alpha value is -0.110. The van der Waals surface area contributed by atoms with Crippen LogP contribution in [-0.4, -0.2) is 23.7 Å². The second-order valence-corrected chi connectivity index (χ2v) is 3.84. The van der Waals surface area contributed by atoms with Crippen LogP contribution >= 0.6 is 11.8 Å². The van der Waals surface area contributed by atoms with E-state index in [0.717, 1.165) is 19.5 Å². The highest BCUT2D eigenvalue weighted by molar-refractivity contribution is 8.02. The van der Waals surface area contributed by atoms with E-state index in [1.165, 1.54) is 10.8 Å². The Bertz CT molecular complexity index is 128. The van der Waals surface area contributed by atoms with Gasteiger partial charge in [0.2, 0.25) is 0 Å². The molecule has 0 aliphatic rings. The molecule has 72 valence electrons. The molecule has 0 fully saturated rings. The van der Waals surface area contributed by atoms with Gasteiger partial charge in [-0.25, -0.2) is 0 Å². The fourth-order valence-electron chi connectivity index (χ4n) is 1.14. The zero-order valence-corrected chi connectivity index (χ0v) is 9.58. The fourth-order valence-corrected chi connectivity index (χ4v) is 2.16. The second kappa shape index (κ2) is 7.53. The van der Waals surface area contributed by atoms with Crippen LogP contribution in [0.1, 0.15) is 34.1 Å². The molecule has 1 nitrogen and oxygen atoms in total. The normalized spacial score (nSPS) is 11.8. The van der Waals surface area contributed by atoms with E-state index in [9.17, 15) is 0 Å². The number of hydrogen-bond acceptors (Lipinski definition) is 2. The molecule has 0 aliphatic heterocycles. The van der Waals surface area contributed by atoms with Crippen molar-refractivity contribution in [1.82, 2.24) is 4.90 Å². The summed E-state index contributed by atoms with van der Waals surface area (Å²) in [5.41, 5.74) is 0. The van der Waals surface area contributed by atoms with Crippen molar-refractivity contribution in [3.8, 4) is 0 Å². The highest BCUT2D eigenvalue weighted by Crippen LogP contribution is 2.19. The first-order valence-corrected chi connectivity index (χ1v) is 5.86. The molecule has 0 bridgehead atoms. The van der Waals surface area contributed by atoms with Crippen LogP contribution in [0.5, 0.6) is 0 Å². The average molecular weight is 187 g/mol. The molecule has 0 aromatic rings. The van der Waals surface area contributed by atoms with Crippen molar-refractivity contribution in [2.24, 2.45) is 0 Å². The largest absolute Gasteiger partial charge is 0.367 e. The van der Waals surface area contributed by atoms with Crippen LogP contribution < -0.4 is 0 Å². The minimum atomic E-state index is 1.12. The average Bonchev–Trinajstić information content (AvgIpc) is 2.07. The van der Waals surface area contributed by atoms with E-state index in [-0.39, 0.29) is 0 Å². The van der Waals surface area contributed by atoms with E-state index < -0.39 is 0 Å². The quantitative estimate of drug-likeness (QED) is 0.627.